The smallest absolute Gasteiger partial charge is 0.335 e. The van der Waals surface area contributed by atoms with Crippen molar-refractivity contribution in [3.63, 3.8) is 0 Å². The van der Waals surface area contributed by atoms with Crippen molar-refractivity contribution in [3.8, 4) is 5.75 Å². The van der Waals surface area contributed by atoms with Gasteiger partial charge in [0.2, 0.25) is 5.91 Å². The molecule has 1 amide bonds. The zero-order valence-corrected chi connectivity index (χ0v) is 11.4. The number of rotatable bonds is 5. The molecule has 0 aliphatic carbocycles. The molecule has 0 bridgehead atoms. The van der Waals surface area contributed by atoms with Crippen LogP contribution < -0.4 is 10.1 Å². The maximum atomic E-state index is 12.0. The number of methoxy groups -OCH3 is 1. The lowest BCUT2D eigenvalue weighted by Crippen LogP contribution is -2.15. The van der Waals surface area contributed by atoms with Crippen LogP contribution in [0.5, 0.6) is 5.75 Å². The normalized spacial score (nSPS) is 9.95. The van der Waals surface area contributed by atoms with Crippen molar-refractivity contribution in [1.29, 1.82) is 0 Å². The van der Waals surface area contributed by atoms with E-state index in [4.69, 9.17) is 9.84 Å². The van der Waals surface area contributed by atoms with Gasteiger partial charge in [-0.1, -0.05) is 6.07 Å². The fourth-order valence-electron chi connectivity index (χ4n) is 1.82. The maximum absolute atomic E-state index is 12.0. The van der Waals surface area contributed by atoms with Crippen LogP contribution in [0.3, 0.4) is 0 Å². The van der Waals surface area contributed by atoms with Crippen LogP contribution in [0.1, 0.15) is 15.9 Å². The van der Waals surface area contributed by atoms with E-state index in [0.29, 0.717) is 11.4 Å². The topological polar surface area (TPSA) is 88.5 Å². The predicted octanol–water partition coefficient (Wildman–Crippen LogP) is 1.97. The minimum Gasteiger partial charge on any atom is -0.495 e. The number of anilines is 1. The number of benzene rings is 1. The molecule has 2 aromatic rings. The number of hydrogen-bond acceptors (Lipinski definition) is 4. The van der Waals surface area contributed by atoms with E-state index in [1.54, 1.807) is 24.5 Å². The van der Waals surface area contributed by atoms with Gasteiger partial charge in [0, 0.05) is 12.4 Å². The summed E-state index contributed by atoms with van der Waals surface area (Å²) in [7, 11) is 1.45. The Morgan fingerprint density at radius 3 is 2.76 bits per heavy atom. The lowest BCUT2D eigenvalue weighted by Gasteiger charge is -2.11. The molecule has 2 rings (SSSR count). The molecular weight excluding hydrogens is 272 g/mol. The predicted molar refractivity (Wildman–Crippen MR) is 76.5 cm³/mol. The average molecular weight is 286 g/mol. The number of carbonyl (C=O) groups excluding carboxylic acids is 1. The summed E-state index contributed by atoms with van der Waals surface area (Å²) in [5, 5.41) is 11.6. The molecule has 0 aliphatic rings. The lowest BCUT2D eigenvalue weighted by molar-refractivity contribution is -0.115. The van der Waals surface area contributed by atoms with Crippen molar-refractivity contribution < 1.29 is 19.4 Å². The number of carbonyl (C=O) groups is 2. The van der Waals surface area contributed by atoms with E-state index in [0.717, 1.165) is 5.56 Å². The summed E-state index contributed by atoms with van der Waals surface area (Å²) in [6.45, 7) is 0. The molecule has 0 saturated carbocycles. The van der Waals surface area contributed by atoms with Crippen molar-refractivity contribution in [2.75, 3.05) is 12.4 Å². The largest absolute Gasteiger partial charge is 0.495 e. The fraction of sp³-hybridized carbons (Fsp3) is 0.133. The Bertz CT molecular complexity index is 656. The summed E-state index contributed by atoms with van der Waals surface area (Å²) in [5.74, 6) is -0.941. The second-order valence-electron chi connectivity index (χ2n) is 4.31. The van der Waals surface area contributed by atoms with Gasteiger partial charge in [0.1, 0.15) is 5.75 Å². The summed E-state index contributed by atoms with van der Waals surface area (Å²) in [6.07, 6.45) is 3.37. The van der Waals surface area contributed by atoms with Gasteiger partial charge in [-0.25, -0.2) is 4.79 Å². The molecule has 0 unspecified atom stereocenters. The van der Waals surface area contributed by atoms with Crippen molar-refractivity contribution in [2.45, 2.75) is 6.42 Å². The monoisotopic (exact) mass is 286 g/mol. The standard InChI is InChI=1S/C15H14N2O4/c1-21-13-5-4-11(15(19)20)8-12(13)17-14(18)7-10-3-2-6-16-9-10/h2-6,8-9H,7H2,1H3,(H,17,18)(H,19,20). The Balaban J connectivity index is 2.16. The molecule has 2 N–H and O–H groups in total. The number of aromatic nitrogens is 1. The molecule has 0 aliphatic heterocycles. The van der Waals surface area contributed by atoms with Gasteiger partial charge < -0.3 is 15.2 Å². The summed E-state index contributed by atoms with van der Waals surface area (Å²) in [5.41, 5.74) is 1.17. The average Bonchev–Trinajstić information content (AvgIpc) is 2.48. The van der Waals surface area contributed by atoms with Crippen LogP contribution in [0.4, 0.5) is 5.69 Å². The molecule has 1 aromatic heterocycles. The number of nitrogens with one attached hydrogen (secondary N) is 1. The van der Waals surface area contributed by atoms with Gasteiger partial charge in [0.05, 0.1) is 24.8 Å². The molecule has 0 saturated heterocycles. The number of nitrogens with zero attached hydrogens (tertiary/aromatic N) is 1. The minimum atomic E-state index is -1.07. The van der Waals surface area contributed by atoms with Crippen LogP contribution >= 0.6 is 0 Å². The molecule has 6 heteroatoms. The summed E-state index contributed by atoms with van der Waals surface area (Å²) in [6, 6.07) is 7.81. The quantitative estimate of drug-likeness (QED) is 0.877. The highest BCUT2D eigenvalue weighted by Crippen LogP contribution is 2.25. The number of amides is 1. The summed E-state index contributed by atoms with van der Waals surface area (Å²) < 4.78 is 5.11. The minimum absolute atomic E-state index is 0.0764. The van der Waals surface area contributed by atoms with Gasteiger partial charge >= 0.3 is 5.97 Å². The molecule has 0 spiro atoms. The van der Waals surface area contributed by atoms with Gasteiger partial charge in [-0.15, -0.1) is 0 Å². The van der Waals surface area contributed by atoms with E-state index >= 15 is 0 Å². The van der Waals surface area contributed by atoms with Crippen molar-refractivity contribution in [2.24, 2.45) is 0 Å². The van der Waals surface area contributed by atoms with E-state index < -0.39 is 5.97 Å². The number of carboxylic acids is 1. The van der Waals surface area contributed by atoms with Gasteiger partial charge in [-0.3, -0.25) is 9.78 Å². The second kappa shape index (κ2) is 6.51. The summed E-state index contributed by atoms with van der Waals surface area (Å²) in [4.78, 5) is 26.9. The van der Waals surface area contributed by atoms with E-state index in [9.17, 15) is 9.59 Å². The van der Waals surface area contributed by atoms with Gasteiger partial charge in [-0.2, -0.15) is 0 Å². The Labute approximate surface area is 121 Å². The van der Waals surface area contributed by atoms with Crippen LogP contribution in [0.2, 0.25) is 0 Å². The third kappa shape index (κ3) is 3.79. The first-order chi connectivity index (χ1) is 10.1. The van der Waals surface area contributed by atoms with Gasteiger partial charge in [-0.05, 0) is 29.8 Å². The number of hydrogen-bond donors (Lipinski definition) is 2. The number of pyridine rings is 1. The number of ether oxygens (including phenoxy) is 1. The van der Waals surface area contributed by atoms with Crippen LogP contribution in [0.25, 0.3) is 0 Å². The Morgan fingerprint density at radius 2 is 2.14 bits per heavy atom. The Morgan fingerprint density at radius 1 is 1.33 bits per heavy atom. The Kier molecular flexibility index (Phi) is 4.50. The third-order valence-corrected chi connectivity index (χ3v) is 2.81. The summed E-state index contributed by atoms with van der Waals surface area (Å²) >= 11 is 0. The lowest BCUT2D eigenvalue weighted by atomic mass is 10.1. The first kappa shape index (κ1) is 14.5. The van der Waals surface area contributed by atoms with Crippen molar-refractivity contribution in [1.82, 2.24) is 4.98 Å². The van der Waals surface area contributed by atoms with Crippen LogP contribution in [-0.4, -0.2) is 29.1 Å². The second-order valence-corrected chi connectivity index (χ2v) is 4.31. The van der Waals surface area contributed by atoms with E-state index in [-0.39, 0.29) is 17.9 Å². The SMILES string of the molecule is COc1ccc(C(=O)O)cc1NC(=O)Cc1cccnc1. The molecule has 6 nitrogen and oxygen atoms in total. The van der Waals surface area contributed by atoms with Crippen molar-refractivity contribution in [3.05, 3.63) is 53.9 Å². The first-order valence-electron chi connectivity index (χ1n) is 6.20. The maximum Gasteiger partial charge on any atom is 0.335 e. The molecule has 0 fully saturated rings. The van der Waals surface area contributed by atoms with E-state index in [2.05, 4.69) is 10.3 Å². The van der Waals surface area contributed by atoms with Gasteiger partial charge in [0.15, 0.2) is 0 Å². The first-order valence-corrected chi connectivity index (χ1v) is 6.20. The molecule has 21 heavy (non-hydrogen) atoms. The zero-order valence-electron chi connectivity index (χ0n) is 11.4. The van der Waals surface area contributed by atoms with Crippen molar-refractivity contribution >= 4 is 17.6 Å². The zero-order chi connectivity index (χ0) is 15.2. The van der Waals surface area contributed by atoms with Crippen LogP contribution in [-0.2, 0) is 11.2 Å². The molecule has 1 aromatic carbocycles. The number of carboxylic acid groups (broad SMARTS) is 1. The highest BCUT2D eigenvalue weighted by atomic mass is 16.5. The molecular formula is C15H14N2O4. The molecule has 108 valence electrons. The van der Waals surface area contributed by atoms with E-state index in [1.165, 1.54) is 25.3 Å². The van der Waals surface area contributed by atoms with Crippen LogP contribution in [0, 0.1) is 0 Å². The molecule has 0 atom stereocenters. The highest BCUT2D eigenvalue weighted by molar-refractivity contribution is 5.96. The molecule has 0 radical (unpaired) electrons. The Hall–Kier alpha value is -2.89. The number of aromatic carboxylic acids is 1. The molecule has 1 heterocycles. The van der Waals surface area contributed by atoms with Gasteiger partial charge in [0.25, 0.3) is 0 Å². The van der Waals surface area contributed by atoms with E-state index in [1.807, 2.05) is 0 Å². The third-order valence-electron chi connectivity index (χ3n) is 2.81. The highest BCUT2D eigenvalue weighted by Gasteiger charge is 2.12. The van der Waals surface area contributed by atoms with Crippen LogP contribution in [0.15, 0.2) is 42.7 Å². The fourth-order valence-corrected chi connectivity index (χ4v) is 1.82.